The van der Waals surface area contributed by atoms with Crippen LogP contribution in [-0.4, -0.2) is 35.6 Å². The van der Waals surface area contributed by atoms with Crippen molar-refractivity contribution in [3.8, 4) is 0 Å². The molecule has 7 nitrogen and oxygen atoms in total. The minimum absolute atomic E-state index is 0.108. The van der Waals surface area contributed by atoms with E-state index in [1.54, 1.807) is 20.8 Å². The predicted octanol–water partition coefficient (Wildman–Crippen LogP) is 3.33. The number of aliphatic hydroxyl groups is 1. The lowest BCUT2D eigenvalue weighted by atomic mass is 10.2. The van der Waals surface area contributed by atoms with Crippen LogP contribution in [0.4, 0.5) is 0 Å². The molecule has 0 spiro atoms. The second-order valence-corrected chi connectivity index (χ2v) is 9.76. The third-order valence-electron chi connectivity index (χ3n) is 3.05. The van der Waals surface area contributed by atoms with E-state index in [2.05, 4.69) is 0 Å². The van der Waals surface area contributed by atoms with E-state index in [-0.39, 0.29) is 26.2 Å². The molecular formula is C11H24O7P2. The summed E-state index contributed by atoms with van der Waals surface area (Å²) in [6.07, 6.45) is -0.158. The van der Waals surface area contributed by atoms with Crippen LogP contribution in [0, 0.1) is 0 Å². The van der Waals surface area contributed by atoms with Gasteiger partial charge in [0.1, 0.15) is 0 Å². The van der Waals surface area contributed by atoms with Gasteiger partial charge in [-0.2, -0.15) is 0 Å². The van der Waals surface area contributed by atoms with Crippen LogP contribution in [0.5, 0.6) is 0 Å². The van der Waals surface area contributed by atoms with Crippen molar-refractivity contribution >= 4 is 15.2 Å². The maximum atomic E-state index is 12.9. The standard InChI is InChI=1S/C11H24O7P2/c1-6-15-19(13)10(4,12)9-11(5,18-19)20(14,16-7-2)17-8-3/h12H,6-9H2,1-5H3. The van der Waals surface area contributed by atoms with Crippen molar-refractivity contribution in [1.29, 1.82) is 0 Å². The zero-order valence-corrected chi connectivity index (χ0v) is 14.4. The van der Waals surface area contributed by atoms with E-state index in [1.165, 1.54) is 13.8 Å². The maximum Gasteiger partial charge on any atom is 0.362 e. The Morgan fingerprint density at radius 3 is 2.10 bits per heavy atom. The smallest absolute Gasteiger partial charge is 0.362 e. The van der Waals surface area contributed by atoms with Crippen molar-refractivity contribution in [1.82, 2.24) is 0 Å². The molecule has 1 rings (SSSR count). The Labute approximate surface area is 120 Å². The van der Waals surface area contributed by atoms with E-state index in [0.717, 1.165) is 0 Å². The first-order chi connectivity index (χ1) is 9.10. The topological polar surface area (TPSA) is 91.3 Å². The molecule has 3 atom stereocenters. The summed E-state index contributed by atoms with van der Waals surface area (Å²) in [6.45, 7) is 8.20. The Morgan fingerprint density at radius 2 is 1.70 bits per heavy atom. The number of hydrogen-bond donors (Lipinski definition) is 1. The minimum Gasteiger partial charge on any atom is -0.377 e. The average Bonchev–Trinajstić information content (AvgIpc) is 2.46. The van der Waals surface area contributed by atoms with Gasteiger partial charge in [-0.15, -0.1) is 0 Å². The highest BCUT2D eigenvalue weighted by Gasteiger charge is 2.67. The minimum atomic E-state index is -3.81. The number of rotatable bonds is 7. The van der Waals surface area contributed by atoms with Crippen LogP contribution in [0.3, 0.4) is 0 Å². The van der Waals surface area contributed by atoms with E-state index in [4.69, 9.17) is 18.1 Å². The summed E-state index contributed by atoms with van der Waals surface area (Å²) in [5.41, 5.74) is 0. The Hall–Kier alpha value is 0.260. The fourth-order valence-electron chi connectivity index (χ4n) is 2.24. The summed E-state index contributed by atoms with van der Waals surface area (Å²) < 4.78 is 46.5. The highest BCUT2D eigenvalue weighted by atomic mass is 31.2. The van der Waals surface area contributed by atoms with E-state index < -0.39 is 25.9 Å². The lowest BCUT2D eigenvalue weighted by Gasteiger charge is -2.31. The molecule has 0 aliphatic carbocycles. The van der Waals surface area contributed by atoms with E-state index >= 15 is 0 Å². The maximum absolute atomic E-state index is 12.9. The molecule has 0 radical (unpaired) electrons. The molecule has 1 aliphatic heterocycles. The summed E-state index contributed by atoms with van der Waals surface area (Å²) in [5, 5.41) is 7.09. The van der Waals surface area contributed by atoms with Gasteiger partial charge >= 0.3 is 15.2 Å². The van der Waals surface area contributed by atoms with Crippen LogP contribution in [0.15, 0.2) is 0 Å². The summed E-state index contributed by atoms with van der Waals surface area (Å²) in [6, 6.07) is 0. The molecule has 1 heterocycles. The molecule has 20 heavy (non-hydrogen) atoms. The first-order valence-corrected chi connectivity index (χ1v) is 9.75. The summed E-state index contributed by atoms with van der Waals surface area (Å²) in [5.74, 6) is 0. The van der Waals surface area contributed by atoms with E-state index in [0.29, 0.717) is 0 Å². The van der Waals surface area contributed by atoms with Gasteiger partial charge in [0.15, 0.2) is 10.7 Å². The monoisotopic (exact) mass is 330 g/mol. The van der Waals surface area contributed by atoms with Crippen LogP contribution in [-0.2, 0) is 27.2 Å². The molecule has 1 fully saturated rings. The van der Waals surface area contributed by atoms with Crippen LogP contribution < -0.4 is 0 Å². The van der Waals surface area contributed by atoms with Crippen molar-refractivity contribution in [3.05, 3.63) is 0 Å². The molecule has 1 aliphatic rings. The van der Waals surface area contributed by atoms with Gasteiger partial charge in [-0.3, -0.25) is 13.7 Å². The molecule has 0 saturated carbocycles. The molecule has 1 N–H and O–H groups in total. The molecule has 0 aromatic rings. The number of hydrogen-bond acceptors (Lipinski definition) is 7. The van der Waals surface area contributed by atoms with Crippen LogP contribution >= 0.6 is 15.2 Å². The third-order valence-corrected chi connectivity index (χ3v) is 8.37. The highest BCUT2D eigenvalue weighted by molar-refractivity contribution is 7.59. The quantitative estimate of drug-likeness (QED) is 0.716. The first-order valence-electron chi connectivity index (χ1n) is 6.66. The molecule has 9 heteroatoms. The molecular weight excluding hydrogens is 306 g/mol. The first kappa shape index (κ1) is 18.3. The Balaban J connectivity index is 3.18. The molecule has 1 saturated heterocycles. The fraction of sp³-hybridized carbons (Fsp3) is 1.00. The van der Waals surface area contributed by atoms with Crippen molar-refractivity contribution in [3.63, 3.8) is 0 Å². The van der Waals surface area contributed by atoms with Crippen molar-refractivity contribution in [2.24, 2.45) is 0 Å². The SMILES string of the molecule is CCOP1(=O)OC(C)(P(=O)(OCC)OCC)CC1(C)O. The van der Waals surface area contributed by atoms with Crippen LogP contribution in [0.2, 0.25) is 0 Å². The summed E-state index contributed by atoms with van der Waals surface area (Å²) in [4.78, 5) is 0. The normalized spacial score (nSPS) is 38.3. The molecule has 3 unspecified atom stereocenters. The van der Waals surface area contributed by atoms with Gasteiger partial charge in [0.25, 0.3) is 0 Å². The van der Waals surface area contributed by atoms with Crippen molar-refractivity contribution in [2.75, 3.05) is 19.8 Å². The van der Waals surface area contributed by atoms with Crippen molar-refractivity contribution in [2.45, 2.75) is 51.7 Å². The lowest BCUT2D eigenvalue weighted by molar-refractivity contribution is 0.0898. The second-order valence-electron chi connectivity index (χ2n) is 4.91. The molecule has 0 aromatic carbocycles. The largest absolute Gasteiger partial charge is 0.377 e. The molecule has 0 amide bonds. The summed E-state index contributed by atoms with van der Waals surface area (Å²) in [7, 11) is -7.51. The lowest BCUT2D eigenvalue weighted by Crippen LogP contribution is -2.29. The van der Waals surface area contributed by atoms with Gasteiger partial charge in [-0.05, 0) is 34.6 Å². The van der Waals surface area contributed by atoms with E-state index in [1.807, 2.05) is 0 Å². The highest BCUT2D eigenvalue weighted by Crippen LogP contribution is 2.78. The van der Waals surface area contributed by atoms with Gasteiger partial charge < -0.3 is 18.7 Å². The van der Waals surface area contributed by atoms with E-state index in [9.17, 15) is 14.2 Å². The van der Waals surface area contributed by atoms with Gasteiger partial charge in [0.05, 0.1) is 19.8 Å². The average molecular weight is 330 g/mol. The van der Waals surface area contributed by atoms with Gasteiger partial charge in [-0.25, -0.2) is 0 Å². The Bertz CT molecular complexity index is 426. The predicted molar refractivity (Wildman–Crippen MR) is 74.8 cm³/mol. The van der Waals surface area contributed by atoms with Gasteiger partial charge in [0.2, 0.25) is 0 Å². The Kier molecular flexibility index (Phi) is 5.65. The Morgan fingerprint density at radius 1 is 1.20 bits per heavy atom. The molecule has 0 bridgehead atoms. The van der Waals surface area contributed by atoms with Crippen LogP contribution in [0.25, 0.3) is 0 Å². The summed E-state index contributed by atoms with van der Waals surface area (Å²) >= 11 is 0. The molecule has 120 valence electrons. The van der Waals surface area contributed by atoms with Crippen LogP contribution in [0.1, 0.15) is 41.0 Å². The van der Waals surface area contributed by atoms with Crippen molar-refractivity contribution < 1.29 is 32.3 Å². The zero-order valence-electron chi connectivity index (χ0n) is 12.6. The third kappa shape index (κ3) is 3.05. The second kappa shape index (κ2) is 6.17. The van der Waals surface area contributed by atoms with Gasteiger partial charge in [-0.1, -0.05) is 0 Å². The van der Waals surface area contributed by atoms with Gasteiger partial charge in [0, 0.05) is 6.42 Å². The zero-order chi connectivity index (χ0) is 15.7. The molecule has 0 aromatic heterocycles. The fourth-order valence-corrected chi connectivity index (χ4v) is 6.83.